The number of hydrogen-bond acceptors (Lipinski definition) is 6. The molecular formula is C51H86O6. The van der Waals surface area contributed by atoms with Gasteiger partial charge in [-0.3, -0.25) is 14.4 Å². The maximum atomic E-state index is 12.7. The molecule has 326 valence electrons. The number of esters is 3. The molecule has 0 amide bonds. The minimum absolute atomic E-state index is 0.0878. The van der Waals surface area contributed by atoms with Crippen molar-refractivity contribution in [2.24, 2.45) is 0 Å². The summed E-state index contributed by atoms with van der Waals surface area (Å²) in [7, 11) is 0. The SMILES string of the molecule is CC/C=C\C/C=C\C/C=C\CCCCCCCC(=O)OC[C@H](COC(=O)CCCCCCCCCCC)OC(=O)CCCCCCC/C=C\C/C=C\C/C=C\CC. The largest absolute Gasteiger partial charge is 0.462 e. The zero-order valence-corrected chi connectivity index (χ0v) is 37.1. The van der Waals surface area contributed by atoms with Gasteiger partial charge in [-0.2, -0.15) is 0 Å². The fourth-order valence-electron chi connectivity index (χ4n) is 6.23. The Morgan fingerprint density at radius 1 is 0.368 bits per heavy atom. The van der Waals surface area contributed by atoms with Crippen LogP contribution in [0, 0.1) is 0 Å². The molecule has 0 radical (unpaired) electrons. The third-order valence-corrected chi connectivity index (χ3v) is 9.71. The van der Waals surface area contributed by atoms with Crippen molar-refractivity contribution in [3.05, 3.63) is 72.9 Å². The lowest BCUT2D eigenvalue weighted by Crippen LogP contribution is -2.30. The Morgan fingerprint density at radius 2 is 0.684 bits per heavy atom. The van der Waals surface area contributed by atoms with Gasteiger partial charge in [0.2, 0.25) is 0 Å². The van der Waals surface area contributed by atoms with Crippen LogP contribution in [0.4, 0.5) is 0 Å². The maximum absolute atomic E-state index is 12.7. The summed E-state index contributed by atoms with van der Waals surface area (Å²) in [5.74, 6) is -0.929. The highest BCUT2D eigenvalue weighted by Crippen LogP contribution is 2.13. The lowest BCUT2D eigenvalue weighted by Gasteiger charge is -2.18. The molecule has 0 aliphatic heterocycles. The van der Waals surface area contributed by atoms with E-state index in [0.717, 1.165) is 135 Å². The van der Waals surface area contributed by atoms with E-state index < -0.39 is 6.10 Å². The van der Waals surface area contributed by atoms with Crippen molar-refractivity contribution in [3.63, 3.8) is 0 Å². The van der Waals surface area contributed by atoms with Crippen LogP contribution in [-0.4, -0.2) is 37.2 Å². The summed E-state index contributed by atoms with van der Waals surface area (Å²) in [6.07, 6.45) is 56.0. The molecule has 0 aromatic rings. The van der Waals surface area contributed by atoms with E-state index in [9.17, 15) is 14.4 Å². The lowest BCUT2D eigenvalue weighted by molar-refractivity contribution is -0.167. The Kier molecular flexibility index (Phi) is 43.0. The van der Waals surface area contributed by atoms with Gasteiger partial charge in [0, 0.05) is 19.3 Å². The van der Waals surface area contributed by atoms with Crippen molar-refractivity contribution in [1.82, 2.24) is 0 Å². The Labute approximate surface area is 351 Å². The highest BCUT2D eigenvalue weighted by atomic mass is 16.6. The van der Waals surface area contributed by atoms with Crippen LogP contribution in [0.15, 0.2) is 72.9 Å². The van der Waals surface area contributed by atoms with E-state index in [-0.39, 0.29) is 31.1 Å². The van der Waals surface area contributed by atoms with Crippen LogP contribution in [0.1, 0.15) is 213 Å². The third kappa shape index (κ3) is 43.8. The van der Waals surface area contributed by atoms with E-state index in [1.165, 1.54) is 38.5 Å². The molecule has 0 saturated carbocycles. The fraction of sp³-hybridized carbons (Fsp3) is 0.706. The standard InChI is InChI=1S/C51H86O6/c1-4-7-10-13-16-19-21-23-25-27-29-32-35-38-41-44-50(53)56-47-48(46-55-49(52)43-40-37-34-31-18-15-12-9-6-3)57-51(54)45-42-39-36-33-30-28-26-24-22-20-17-14-11-8-5-2/h7-8,10-11,16-17,19-20,23-26,48H,4-6,9,12-15,18,21-22,27-47H2,1-3H3/b10-7-,11-8-,19-16-,20-17-,25-23-,26-24-/t48-/m0/s1. The number of ether oxygens (including phenoxy) is 3. The molecule has 57 heavy (non-hydrogen) atoms. The van der Waals surface area contributed by atoms with Gasteiger partial charge in [-0.1, -0.05) is 184 Å². The average Bonchev–Trinajstić information content (AvgIpc) is 3.21. The second-order valence-corrected chi connectivity index (χ2v) is 15.3. The van der Waals surface area contributed by atoms with Crippen molar-refractivity contribution in [2.45, 2.75) is 219 Å². The van der Waals surface area contributed by atoms with Gasteiger partial charge in [0.15, 0.2) is 6.10 Å². The molecule has 6 heteroatoms. The summed E-state index contributed by atoms with van der Waals surface area (Å²) in [5, 5.41) is 0. The zero-order valence-electron chi connectivity index (χ0n) is 37.1. The van der Waals surface area contributed by atoms with Gasteiger partial charge in [-0.05, 0) is 83.5 Å². The number of rotatable bonds is 41. The van der Waals surface area contributed by atoms with E-state index in [4.69, 9.17) is 14.2 Å². The van der Waals surface area contributed by atoms with Gasteiger partial charge in [-0.15, -0.1) is 0 Å². The van der Waals surface area contributed by atoms with Crippen molar-refractivity contribution in [2.75, 3.05) is 13.2 Å². The second kappa shape index (κ2) is 45.6. The number of allylic oxidation sites excluding steroid dienone is 12. The molecule has 0 aliphatic rings. The van der Waals surface area contributed by atoms with Crippen LogP contribution in [0.5, 0.6) is 0 Å². The first-order valence-corrected chi connectivity index (χ1v) is 23.4. The molecule has 0 aliphatic carbocycles. The summed E-state index contributed by atoms with van der Waals surface area (Å²) in [5.41, 5.74) is 0. The molecule has 0 saturated heterocycles. The second-order valence-electron chi connectivity index (χ2n) is 15.3. The Morgan fingerprint density at radius 3 is 1.07 bits per heavy atom. The summed E-state index contributed by atoms with van der Waals surface area (Å²) in [4.78, 5) is 37.8. The van der Waals surface area contributed by atoms with E-state index in [2.05, 4.69) is 93.7 Å². The van der Waals surface area contributed by atoms with Crippen LogP contribution in [0.2, 0.25) is 0 Å². The molecule has 0 rings (SSSR count). The summed E-state index contributed by atoms with van der Waals surface area (Å²) < 4.78 is 16.7. The first-order valence-electron chi connectivity index (χ1n) is 23.4. The van der Waals surface area contributed by atoms with Gasteiger partial charge in [-0.25, -0.2) is 0 Å². The number of hydrogen-bond donors (Lipinski definition) is 0. The van der Waals surface area contributed by atoms with Gasteiger partial charge < -0.3 is 14.2 Å². The van der Waals surface area contributed by atoms with Crippen molar-refractivity contribution >= 4 is 17.9 Å². The van der Waals surface area contributed by atoms with E-state index >= 15 is 0 Å². The van der Waals surface area contributed by atoms with Crippen LogP contribution >= 0.6 is 0 Å². The predicted molar refractivity (Wildman–Crippen MR) is 242 cm³/mol. The smallest absolute Gasteiger partial charge is 0.306 e. The topological polar surface area (TPSA) is 78.9 Å². The van der Waals surface area contributed by atoms with Crippen LogP contribution < -0.4 is 0 Å². The molecular weight excluding hydrogens is 709 g/mol. The molecule has 0 spiro atoms. The predicted octanol–water partition coefficient (Wildman–Crippen LogP) is 15.1. The van der Waals surface area contributed by atoms with Crippen molar-refractivity contribution in [1.29, 1.82) is 0 Å². The van der Waals surface area contributed by atoms with E-state index in [1.54, 1.807) is 0 Å². The number of unbranched alkanes of at least 4 members (excludes halogenated alkanes) is 18. The van der Waals surface area contributed by atoms with Crippen molar-refractivity contribution < 1.29 is 28.6 Å². The van der Waals surface area contributed by atoms with Crippen LogP contribution in [0.3, 0.4) is 0 Å². The number of carbonyl (C=O) groups is 3. The fourth-order valence-corrected chi connectivity index (χ4v) is 6.23. The lowest BCUT2D eigenvalue weighted by atomic mass is 10.1. The Bertz CT molecular complexity index is 1100. The summed E-state index contributed by atoms with van der Waals surface area (Å²) >= 11 is 0. The molecule has 0 aromatic carbocycles. The quantitative estimate of drug-likeness (QED) is 0.0265. The number of carbonyl (C=O) groups excluding carboxylic acids is 3. The molecule has 0 bridgehead atoms. The molecule has 6 nitrogen and oxygen atoms in total. The zero-order chi connectivity index (χ0) is 41.5. The van der Waals surface area contributed by atoms with Crippen LogP contribution in [0.25, 0.3) is 0 Å². The average molecular weight is 795 g/mol. The Balaban J connectivity index is 4.42. The normalized spacial score (nSPS) is 12.7. The molecule has 0 unspecified atom stereocenters. The summed E-state index contributed by atoms with van der Waals surface area (Å²) in [6, 6.07) is 0. The van der Waals surface area contributed by atoms with E-state index in [1.807, 2.05) is 0 Å². The van der Waals surface area contributed by atoms with Gasteiger partial charge in [0.05, 0.1) is 0 Å². The molecule has 0 N–H and O–H groups in total. The van der Waals surface area contributed by atoms with Gasteiger partial charge >= 0.3 is 17.9 Å². The van der Waals surface area contributed by atoms with Gasteiger partial charge in [0.25, 0.3) is 0 Å². The highest BCUT2D eigenvalue weighted by Gasteiger charge is 2.19. The summed E-state index contributed by atoms with van der Waals surface area (Å²) in [6.45, 7) is 6.35. The minimum Gasteiger partial charge on any atom is -0.462 e. The first kappa shape index (κ1) is 53.9. The van der Waals surface area contributed by atoms with E-state index in [0.29, 0.717) is 19.3 Å². The van der Waals surface area contributed by atoms with Crippen molar-refractivity contribution in [3.8, 4) is 0 Å². The Hall–Kier alpha value is -3.15. The molecule has 0 aromatic heterocycles. The monoisotopic (exact) mass is 795 g/mol. The maximum Gasteiger partial charge on any atom is 0.306 e. The molecule has 0 heterocycles. The minimum atomic E-state index is -0.788. The van der Waals surface area contributed by atoms with Gasteiger partial charge in [0.1, 0.15) is 13.2 Å². The van der Waals surface area contributed by atoms with Crippen LogP contribution in [-0.2, 0) is 28.6 Å². The molecule has 1 atom stereocenters. The molecule has 0 fully saturated rings. The highest BCUT2D eigenvalue weighted by molar-refractivity contribution is 5.71. The third-order valence-electron chi connectivity index (χ3n) is 9.71. The first-order chi connectivity index (χ1) is 28.0.